The predicted octanol–water partition coefficient (Wildman–Crippen LogP) is 5.19. The first-order chi connectivity index (χ1) is 7.75. The summed E-state index contributed by atoms with van der Waals surface area (Å²) in [5.41, 5.74) is 1.34. The van der Waals surface area contributed by atoms with Gasteiger partial charge in [-0.1, -0.05) is 48.0 Å². The highest BCUT2D eigenvalue weighted by Crippen LogP contribution is 2.35. The highest BCUT2D eigenvalue weighted by Gasteiger charge is 2.06. The summed E-state index contributed by atoms with van der Waals surface area (Å²) >= 11 is 7.79. The van der Waals surface area contributed by atoms with Crippen LogP contribution >= 0.6 is 23.4 Å². The molecule has 2 heteroatoms. The Kier molecular flexibility index (Phi) is 3.92. The molecule has 0 N–H and O–H groups in total. The first-order valence-corrected chi connectivity index (χ1v) is 6.48. The molecular formula is C14H13ClS. The SMILES string of the molecule is CC(Sc1cccc(Cl)c1)c1ccccc1. The summed E-state index contributed by atoms with van der Waals surface area (Å²) < 4.78 is 0. The molecule has 0 saturated heterocycles. The monoisotopic (exact) mass is 248 g/mol. The highest BCUT2D eigenvalue weighted by molar-refractivity contribution is 7.99. The van der Waals surface area contributed by atoms with E-state index in [0.717, 1.165) is 5.02 Å². The number of rotatable bonds is 3. The molecular weight excluding hydrogens is 236 g/mol. The van der Waals surface area contributed by atoms with Gasteiger partial charge in [0.25, 0.3) is 0 Å². The first-order valence-electron chi connectivity index (χ1n) is 5.23. The summed E-state index contributed by atoms with van der Waals surface area (Å²) in [7, 11) is 0. The van der Waals surface area contributed by atoms with Crippen LogP contribution in [-0.4, -0.2) is 0 Å². The molecule has 0 aromatic heterocycles. The van der Waals surface area contributed by atoms with Crippen molar-refractivity contribution >= 4 is 23.4 Å². The highest BCUT2D eigenvalue weighted by atomic mass is 35.5. The van der Waals surface area contributed by atoms with E-state index in [2.05, 4.69) is 37.3 Å². The zero-order valence-corrected chi connectivity index (χ0v) is 10.6. The van der Waals surface area contributed by atoms with Crippen LogP contribution in [0.2, 0.25) is 5.02 Å². The van der Waals surface area contributed by atoms with E-state index in [0.29, 0.717) is 5.25 Å². The molecule has 0 radical (unpaired) electrons. The van der Waals surface area contributed by atoms with E-state index in [1.165, 1.54) is 10.5 Å². The van der Waals surface area contributed by atoms with Crippen molar-refractivity contribution in [1.29, 1.82) is 0 Å². The second-order valence-corrected chi connectivity index (χ2v) is 5.48. The minimum Gasteiger partial charge on any atom is -0.118 e. The molecule has 0 aliphatic heterocycles. The van der Waals surface area contributed by atoms with E-state index in [4.69, 9.17) is 11.6 Å². The lowest BCUT2D eigenvalue weighted by Crippen LogP contribution is -1.87. The standard InChI is InChI=1S/C14H13ClS/c1-11(12-6-3-2-4-7-12)16-14-9-5-8-13(15)10-14/h2-11H,1H3. The first kappa shape index (κ1) is 11.6. The molecule has 1 atom stereocenters. The van der Waals surface area contributed by atoms with Crippen LogP contribution in [0, 0.1) is 0 Å². The van der Waals surface area contributed by atoms with E-state index < -0.39 is 0 Å². The van der Waals surface area contributed by atoms with Crippen LogP contribution in [0.3, 0.4) is 0 Å². The number of halogens is 1. The molecule has 0 aliphatic carbocycles. The van der Waals surface area contributed by atoms with Crippen molar-refractivity contribution in [2.45, 2.75) is 17.1 Å². The average molecular weight is 249 g/mol. The van der Waals surface area contributed by atoms with E-state index in [9.17, 15) is 0 Å². The number of hydrogen-bond acceptors (Lipinski definition) is 1. The van der Waals surface area contributed by atoms with Crippen molar-refractivity contribution in [3.8, 4) is 0 Å². The summed E-state index contributed by atoms with van der Waals surface area (Å²) in [6.45, 7) is 2.21. The number of thioether (sulfide) groups is 1. The lowest BCUT2D eigenvalue weighted by Gasteiger charge is -2.11. The Morgan fingerprint density at radius 3 is 2.44 bits per heavy atom. The van der Waals surface area contributed by atoms with Gasteiger partial charge in [0.2, 0.25) is 0 Å². The van der Waals surface area contributed by atoms with Crippen molar-refractivity contribution in [1.82, 2.24) is 0 Å². The minimum atomic E-state index is 0.444. The minimum absolute atomic E-state index is 0.444. The average Bonchev–Trinajstić information content (AvgIpc) is 2.30. The second kappa shape index (κ2) is 5.42. The van der Waals surface area contributed by atoms with Gasteiger partial charge in [0.05, 0.1) is 0 Å². The molecule has 0 aliphatic rings. The zero-order chi connectivity index (χ0) is 11.4. The molecule has 0 fully saturated rings. The van der Waals surface area contributed by atoms with E-state index in [-0.39, 0.29) is 0 Å². The van der Waals surface area contributed by atoms with Crippen LogP contribution < -0.4 is 0 Å². The smallest absolute Gasteiger partial charge is 0.0417 e. The van der Waals surface area contributed by atoms with Gasteiger partial charge in [0.1, 0.15) is 0 Å². The van der Waals surface area contributed by atoms with Crippen molar-refractivity contribution in [2.75, 3.05) is 0 Å². The van der Waals surface area contributed by atoms with Gasteiger partial charge in [-0.3, -0.25) is 0 Å². The topological polar surface area (TPSA) is 0 Å². The molecule has 0 bridgehead atoms. The largest absolute Gasteiger partial charge is 0.118 e. The Morgan fingerprint density at radius 1 is 1.00 bits per heavy atom. The van der Waals surface area contributed by atoms with Crippen molar-refractivity contribution < 1.29 is 0 Å². The fourth-order valence-corrected chi connectivity index (χ4v) is 2.85. The van der Waals surface area contributed by atoms with Crippen molar-refractivity contribution in [2.24, 2.45) is 0 Å². The van der Waals surface area contributed by atoms with Gasteiger partial charge < -0.3 is 0 Å². The molecule has 0 heterocycles. The van der Waals surface area contributed by atoms with E-state index >= 15 is 0 Å². The number of benzene rings is 2. The zero-order valence-electron chi connectivity index (χ0n) is 9.06. The van der Waals surface area contributed by atoms with E-state index in [1.54, 1.807) is 0 Å². The summed E-state index contributed by atoms with van der Waals surface area (Å²) in [4.78, 5) is 1.21. The van der Waals surface area contributed by atoms with E-state index in [1.807, 2.05) is 36.0 Å². The quantitative estimate of drug-likeness (QED) is 0.674. The summed E-state index contributed by atoms with van der Waals surface area (Å²) in [6.07, 6.45) is 0. The van der Waals surface area contributed by atoms with Crippen LogP contribution in [0.15, 0.2) is 59.5 Å². The maximum absolute atomic E-state index is 5.96. The Morgan fingerprint density at radius 2 is 1.75 bits per heavy atom. The third kappa shape index (κ3) is 3.03. The van der Waals surface area contributed by atoms with Gasteiger partial charge in [-0.25, -0.2) is 0 Å². The third-order valence-corrected chi connectivity index (χ3v) is 3.76. The summed E-state index contributed by atoms with van der Waals surface area (Å²) in [6, 6.07) is 18.5. The maximum atomic E-state index is 5.96. The predicted molar refractivity (Wildman–Crippen MR) is 72.2 cm³/mol. The van der Waals surface area contributed by atoms with Crippen LogP contribution in [0.25, 0.3) is 0 Å². The Hall–Kier alpha value is -0.920. The third-order valence-electron chi connectivity index (χ3n) is 2.38. The van der Waals surface area contributed by atoms with Gasteiger partial charge in [-0.2, -0.15) is 0 Å². The lowest BCUT2D eigenvalue weighted by molar-refractivity contribution is 1.10. The molecule has 2 aromatic carbocycles. The Labute approximate surface area is 106 Å². The fourth-order valence-electron chi connectivity index (χ4n) is 1.54. The fraction of sp³-hybridized carbons (Fsp3) is 0.143. The molecule has 1 unspecified atom stereocenters. The maximum Gasteiger partial charge on any atom is 0.0417 e. The molecule has 0 saturated carbocycles. The molecule has 2 aromatic rings. The lowest BCUT2D eigenvalue weighted by atomic mass is 10.2. The molecule has 16 heavy (non-hydrogen) atoms. The second-order valence-electron chi connectivity index (χ2n) is 3.63. The Bertz CT molecular complexity index is 453. The van der Waals surface area contributed by atoms with Gasteiger partial charge in [-0.15, -0.1) is 11.8 Å². The molecule has 0 nitrogen and oxygen atoms in total. The van der Waals surface area contributed by atoms with Crippen molar-refractivity contribution in [3.05, 3.63) is 65.2 Å². The van der Waals surface area contributed by atoms with Gasteiger partial charge in [0.15, 0.2) is 0 Å². The van der Waals surface area contributed by atoms with Crippen molar-refractivity contribution in [3.63, 3.8) is 0 Å². The van der Waals surface area contributed by atoms with Crippen LogP contribution in [0.1, 0.15) is 17.7 Å². The Balaban J connectivity index is 2.11. The number of hydrogen-bond donors (Lipinski definition) is 0. The molecule has 2 rings (SSSR count). The van der Waals surface area contributed by atoms with Gasteiger partial charge >= 0.3 is 0 Å². The van der Waals surface area contributed by atoms with Crippen LogP contribution in [-0.2, 0) is 0 Å². The van der Waals surface area contributed by atoms with Gasteiger partial charge in [-0.05, 0) is 30.7 Å². The summed E-state index contributed by atoms with van der Waals surface area (Å²) in [5.74, 6) is 0. The van der Waals surface area contributed by atoms with Crippen LogP contribution in [0.5, 0.6) is 0 Å². The normalized spacial score (nSPS) is 12.4. The summed E-state index contributed by atoms with van der Waals surface area (Å²) in [5, 5.41) is 1.24. The molecule has 0 amide bonds. The molecule has 82 valence electrons. The molecule has 0 spiro atoms. The van der Waals surface area contributed by atoms with Crippen LogP contribution in [0.4, 0.5) is 0 Å². The van der Waals surface area contributed by atoms with Gasteiger partial charge in [0, 0.05) is 15.2 Å².